The van der Waals surface area contributed by atoms with E-state index >= 15 is 4.39 Å². The van der Waals surface area contributed by atoms with Crippen molar-refractivity contribution < 1.29 is 33.1 Å². The number of rotatable bonds is 9. The Labute approximate surface area is 347 Å². The summed E-state index contributed by atoms with van der Waals surface area (Å²) in [5.41, 5.74) is 1.32. The highest BCUT2D eigenvalue weighted by Gasteiger charge is 2.48. The van der Waals surface area contributed by atoms with E-state index in [1.807, 2.05) is 23.1 Å². The number of carbonyl (C=O) groups excluding carboxylic acids is 5. The molecule has 1 spiro atoms. The number of amides is 5. The zero-order valence-electron chi connectivity index (χ0n) is 33.4. The molecule has 9 rings (SSSR count). The first-order valence-electron chi connectivity index (χ1n) is 21.1. The smallest absolute Gasteiger partial charge is 0.272 e. The molecule has 5 amide bonds. The van der Waals surface area contributed by atoms with Gasteiger partial charge in [-0.3, -0.25) is 34.2 Å². The maximum Gasteiger partial charge on any atom is 0.272 e. The molecule has 5 fully saturated rings. The van der Waals surface area contributed by atoms with Crippen molar-refractivity contribution in [1.82, 2.24) is 30.6 Å². The fourth-order valence-corrected chi connectivity index (χ4v) is 9.89. The Bertz CT molecular complexity index is 2220. The number of fused-ring (bicyclic) bond motifs is 1. The molecule has 312 valence electrons. The highest BCUT2D eigenvalue weighted by atomic mass is 19.1. The average molecular weight is 818 g/mol. The molecule has 60 heavy (non-hydrogen) atoms. The number of hydrogen-bond donors (Lipinski definition) is 2. The van der Waals surface area contributed by atoms with Crippen LogP contribution in [-0.2, 0) is 9.59 Å². The van der Waals surface area contributed by atoms with E-state index in [-0.39, 0.29) is 47.4 Å². The Morgan fingerprint density at radius 3 is 2.22 bits per heavy atom. The molecule has 1 unspecified atom stereocenters. The number of hydrogen-bond acceptors (Lipinski definition) is 12. The van der Waals surface area contributed by atoms with Crippen LogP contribution in [0.3, 0.4) is 0 Å². The van der Waals surface area contributed by atoms with E-state index in [1.165, 1.54) is 6.07 Å². The van der Waals surface area contributed by atoms with E-state index in [4.69, 9.17) is 10.00 Å². The predicted molar refractivity (Wildman–Crippen MR) is 216 cm³/mol. The number of ether oxygens (including phenoxy) is 1. The van der Waals surface area contributed by atoms with Gasteiger partial charge in [0.15, 0.2) is 11.5 Å². The minimum Gasteiger partial charge on any atom is -0.490 e. The number of halogens is 1. The third-order valence-corrected chi connectivity index (χ3v) is 13.5. The lowest BCUT2D eigenvalue weighted by Crippen LogP contribution is -2.61. The van der Waals surface area contributed by atoms with Crippen molar-refractivity contribution in [1.29, 1.82) is 5.26 Å². The van der Waals surface area contributed by atoms with Crippen LogP contribution >= 0.6 is 0 Å². The van der Waals surface area contributed by atoms with E-state index in [0.29, 0.717) is 36.0 Å². The van der Waals surface area contributed by atoms with Crippen LogP contribution < -0.4 is 25.2 Å². The SMILES string of the molecule is N#Cc1ccc(O[C@H]2CC[C@H](NC(=O)c3ccc(N4CCC(CN5CCC6(CC5)CN(c5cc7c(cc5F)C(=O)N(C5CCC(=O)NC5=O)C7=O)C6)CC4)nn3)CC2)cc1. The van der Waals surface area contributed by atoms with Crippen molar-refractivity contribution in [3.63, 3.8) is 0 Å². The molecular formula is C44H48FN9O6. The van der Waals surface area contributed by atoms with Gasteiger partial charge in [0, 0.05) is 50.6 Å². The van der Waals surface area contributed by atoms with E-state index < -0.39 is 35.5 Å². The largest absolute Gasteiger partial charge is 0.490 e. The van der Waals surface area contributed by atoms with Crippen LogP contribution in [0.15, 0.2) is 48.5 Å². The van der Waals surface area contributed by atoms with Crippen LogP contribution in [0.4, 0.5) is 15.9 Å². The van der Waals surface area contributed by atoms with Gasteiger partial charge in [-0.25, -0.2) is 4.39 Å². The van der Waals surface area contributed by atoms with Gasteiger partial charge in [0.2, 0.25) is 11.8 Å². The third kappa shape index (κ3) is 7.90. The van der Waals surface area contributed by atoms with E-state index in [1.54, 1.807) is 18.2 Å². The summed E-state index contributed by atoms with van der Waals surface area (Å²) in [5.74, 6) is -1.17. The lowest BCUT2D eigenvalue weighted by molar-refractivity contribution is -0.136. The maximum atomic E-state index is 15.4. The minimum atomic E-state index is -1.09. The molecule has 6 heterocycles. The summed E-state index contributed by atoms with van der Waals surface area (Å²) in [6.45, 7) is 6.06. The van der Waals surface area contributed by atoms with Gasteiger partial charge in [-0.15, -0.1) is 10.2 Å². The van der Waals surface area contributed by atoms with Crippen molar-refractivity contribution in [3.05, 3.63) is 76.7 Å². The summed E-state index contributed by atoms with van der Waals surface area (Å²) in [4.78, 5) is 71.1. The molecule has 5 aliphatic heterocycles. The van der Waals surface area contributed by atoms with Gasteiger partial charge in [-0.1, -0.05) is 0 Å². The normalized spacial score (nSPS) is 24.5. The number of likely N-dealkylation sites (tertiary alicyclic amines) is 1. The first kappa shape index (κ1) is 39.5. The highest BCUT2D eigenvalue weighted by Crippen LogP contribution is 2.45. The Morgan fingerprint density at radius 1 is 0.867 bits per heavy atom. The van der Waals surface area contributed by atoms with E-state index in [0.717, 1.165) is 107 Å². The van der Waals surface area contributed by atoms with Gasteiger partial charge >= 0.3 is 0 Å². The average Bonchev–Trinajstić information content (AvgIpc) is 3.48. The van der Waals surface area contributed by atoms with Crippen molar-refractivity contribution >= 4 is 41.0 Å². The number of imide groups is 2. The van der Waals surface area contributed by atoms with Crippen molar-refractivity contribution in [2.24, 2.45) is 11.3 Å². The fourth-order valence-electron chi connectivity index (χ4n) is 9.89. The number of nitrogens with one attached hydrogen (secondary N) is 2. The second kappa shape index (κ2) is 16.2. The number of piperidine rings is 3. The Balaban J connectivity index is 0.693. The molecule has 1 aliphatic carbocycles. The second-order valence-corrected chi connectivity index (χ2v) is 17.4. The van der Waals surface area contributed by atoms with Crippen LogP contribution in [0.2, 0.25) is 0 Å². The monoisotopic (exact) mass is 817 g/mol. The van der Waals surface area contributed by atoms with Gasteiger partial charge in [0.25, 0.3) is 17.7 Å². The van der Waals surface area contributed by atoms with Crippen LogP contribution in [0.5, 0.6) is 5.75 Å². The van der Waals surface area contributed by atoms with Crippen molar-refractivity contribution in [3.8, 4) is 11.8 Å². The summed E-state index contributed by atoms with van der Waals surface area (Å²) in [6.07, 6.45) is 7.51. The first-order chi connectivity index (χ1) is 29.0. The molecule has 15 nitrogen and oxygen atoms in total. The number of nitrogens with zero attached hydrogens (tertiary/aromatic N) is 7. The van der Waals surface area contributed by atoms with Gasteiger partial charge in [0.05, 0.1) is 34.6 Å². The molecule has 1 atom stereocenters. The summed E-state index contributed by atoms with van der Waals surface area (Å²) < 4.78 is 21.5. The highest BCUT2D eigenvalue weighted by molar-refractivity contribution is 6.23. The summed E-state index contributed by atoms with van der Waals surface area (Å²) in [5, 5.41) is 23.0. The van der Waals surface area contributed by atoms with Crippen molar-refractivity contribution in [2.75, 3.05) is 55.6 Å². The summed E-state index contributed by atoms with van der Waals surface area (Å²) in [7, 11) is 0. The molecule has 16 heteroatoms. The summed E-state index contributed by atoms with van der Waals surface area (Å²) in [6, 6.07) is 14.4. The maximum absolute atomic E-state index is 15.4. The molecule has 3 aromatic rings. The molecular weight excluding hydrogens is 770 g/mol. The zero-order valence-corrected chi connectivity index (χ0v) is 33.4. The molecule has 0 bridgehead atoms. The quantitative estimate of drug-likeness (QED) is 0.299. The third-order valence-electron chi connectivity index (χ3n) is 13.5. The van der Waals surface area contributed by atoms with Gasteiger partial charge in [-0.05, 0) is 125 Å². The minimum absolute atomic E-state index is 0.0232. The molecule has 4 saturated heterocycles. The topological polar surface area (TPSA) is 181 Å². The van der Waals surface area contributed by atoms with Crippen molar-refractivity contribution in [2.45, 2.75) is 82.4 Å². The number of benzene rings is 2. The van der Waals surface area contributed by atoms with Gasteiger partial charge < -0.3 is 24.8 Å². The molecule has 1 saturated carbocycles. The van der Waals surface area contributed by atoms with Crippen LogP contribution in [0, 0.1) is 28.5 Å². The Morgan fingerprint density at radius 2 is 1.57 bits per heavy atom. The Hall–Kier alpha value is -5.95. The lowest BCUT2D eigenvalue weighted by Gasteiger charge is -2.55. The molecule has 2 aromatic carbocycles. The van der Waals surface area contributed by atoms with Crippen LogP contribution in [-0.4, -0.2) is 114 Å². The fraction of sp³-hybridized carbons (Fsp3) is 0.500. The van der Waals surface area contributed by atoms with Crippen LogP contribution in [0.1, 0.15) is 101 Å². The molecule has 0 radical (unpaired) electrons. The van der Waals surface area contributed by atoms with Gasteiger partial charge in [-0.2, -0.15) is 5.26 Å². The number of anilines is 2. The zero-order chi connectivity index (χ0) is 41.5. The number of carbonyl (C=O) groups is 5. The number of aromatic nitrogens is 2. The standard InChI is InChI=1S/C44H48FN9O6/c45-34-21-32-33(43(59)54(42(32)58)36-10-12-39(55)48-41(36)57)22-37(34)53-25-44(26-53)15-19-51(20-16-44)24-28-13-17-52(18-14-28)38-11-9-35(49-50-38)40(56)47-29-3-7-31(8-4-29)60-30-5-1-27(23-46)2-6-30/h1-2,5-6,9,11,21-22,28-29,31,36H,3-4,7-8,10,12-20,24-26H2,(H,47,56)(H,48,55,57)/t29-,31-,36?. The number of nitriles is 1. The summed E-state index contributed by atoms with van der Waals surface area (Å²) >= 11 is 0. The predicted octanol–water partition coefficient (Wildman–Crippen LogP) is 3.83. The second-order valence-electron chi connectivity index (χ2n) is 17.4. The molecule has 1 aromatic heterocycles. The van der Waals surface area contributed by atoms with Gasteiger partial charge in [0.1, 0.15) is 17.6 Å². The first-order valence-corrected chi connectivity index (χ1v) is 21.1. The van der Waals surface area contributed by atoms with E-state index in [2.05, 4.69) is 36.7 Å². The van der Waals surface area contributed by atoms with E-state index in [9.17, 15) is 24.0 Å². The molecule has 6 aliphatic rings. The Kier molecular flexibility index (Phi) is 10.7. The molecule has 2 N–H and O–H groups in total. The lowest BCUT2D eigenvalue weighted by atomic mass is 9.71. The van der Waals surface area contributed by atoms with Crippen LogP contribution in [0.25, 0.3) is 0 Å².